The van der Waals surface area contributed by atoms with Gasteiger partial charge in [0, 0.05) is 18.5 Å². The van der Waals surface area contributed by atoms with Crippen LogP contribution in [0.5, 0.6) is 0 Å². The lowest BCUT2D eigenvalue weighted by Gasteiger charge is -2.31. The SMILES string of the molecule is CC(CC(F)(F)F)NCC1Cc2ccccc21. The van der Waals surface area contributed by atoms with Gasteiger partial charge in [0.15, 0.2) is 0 Å². The predicted octanol–water partition coefficient (Wildman–Crippen LogP) is 3.26. The molecule has 2 unspecified atom stereocenters. The summed E-state index contributed by atoms with van der Waals surface area (Å²) < 4.78 is 36.4. The number of hydrogen-bond acceptors (Lipinski definition) is 1. The van der Waals surface area contributed by atoms with Crippen LogP contribution in [0.3, 0.4) is 0 Å². The molecule has 1 nitrogen and oxygen atoms in total. The third-order valence-corrected chi connectivity index (χ3v) is 3.21. The Morgan fingerprint density at radius 2 is 2.06 bits per heavy atom. The molecule has 2 atom stereocenters. The highest BCUT2D eigenvalue weighted by molar-refractivity contribution is 5.40. The standard InChI is InChI=1S/C13H16F3N/c1-9(7-13(14,15)16)17-8-11-6-10-4-2-3-5-12(10)11/h2-5,9,11,17H,6-8H2,1H3. The van der Waals surface area contributed by atoms with Gasteiger partial charge in [-0.2, -0.15) is 13.2 Å². The molecular weight excluding hydrogens is 227 g/mol. The number of nitrogens with one attached hydrogen (secondary N) is 1. The quantitative estimate of drug-likeness (QED) is 0.856. The molecule has 0 aliphatic heterocycles. The van der Waals surface area contributed by atoms with E-state index in [4.69, 9.17) is 0 Å². The normalized spacial score (nSPS) is 20.6. The van der Waals surface area contributed by atoms with Crippen LogP contribution in [0.4, 0.5) is 13.2 Å². The predicted molar refractivity (Wildman–Crippen MR) is 61.0 cm³/mol. The van der Waals surface area contributed by atoms with Gasteiger partial charge in [-0.15, -0.1) is 0 Å². The van der Waals surface area contributed by atoms with Crippen LogP contribution in [0, 0.1) is 0 Å². The summed E-state index contributed by atoms with van der Waals surface area (Å²) in [5.41, 5.74) is 2.60. The van der Waals surface area contributed by atoms with Crippen LogP contribution in [-0.4, -0.2) is 18.8 Å². The second kappa shape index (κ2) is 4.69. The van der Waals surface area contributed by atoms with Crippen molar-refractivity contribution in [3.05, 3.63) is 35.4 Å². The lowest BCUT2D eigenvalue weighted by atomic mass is 9.77. The summed E-state index contributed by atoms with van der Waals surface area (Å²) in [5.74, 6) is 0.377. The Labute approximate surface area is 99.0 Å². The Bertz CT molecular complexity index is 386. The van der Waals surface area contributed by atoms with E-state index in [1.54, 1.807) is 6.92 Å². The van der Waals surface area contributed by atoms with Gasteiger partial charge in [-0.05, 0) is 24.5 Å². The van der Waals surface area contributed by atoms with Gasteiger partial charge < -0.3 is 5.32 Å². The van der Waals surface area contributed by atoms with Crippen molar-refractivity contribution in [3.63, 3.8) is 0 Å². The molecule has 4 heteroatoms. The molecule has 0 saturated carbocycles. The maximum Gasteiger partial charge on any atom is 0.390 e. The summed E-state index contributed by atoms with van der Waals surface area (Å²) >= 11 is 0. The number of fused-ring (bicyclic) bond motifs is 1. The molecule has 0 spiro atoms. The smallest absolute Gasteiger partial charge is 0.313 e. The van der Waals surface area contributed by atoms with Crippen LogP contribution in [0.15, 0.2) is 24.3 Å². The number of halogens is 3. The van der Waals surface area contributed by atoms with Gasteiger partial charge in [-0.25, -0.2) is 0 Å². The largest absolute Gasteiger partial charge is 0.390 e. The fraction of sp³-hybridized carbons (Fsp3) is 0.538. The molecule has 0 radical (unpaired) electrons. The average molecular weight is 243 g/mol. The molecule has 0 saturated heterocycles. The number of benzene rings is 1. The minimum Gasteiger partial charge on any atom is -0.313 e. The maximum absolute atomic E-state index is 12.1. The van der Waals surface area contributed by atoms with Crippen LogP contribution < -0.4 is 5.32 Å². The Morgan fingerprint density at radius 3 is 2.71 bits per heavy atom. The molecule has 94 valence electrons. The Kier molecular flexibility index (Phi) is 3.43. The number of rotatable bonds is 4. The Hall–Kier alpha value is -1.03. The summed E-state index contributed by atoms with van der Waals surface area (Å²) in [6.07, 6.45) is -3.87. The van der Waals surface area contributed by atoms with Gasteiger partial charge in [0.25, 0.3) is 0 Å². The first-order valence-corrected chi connectivity index (χ1v) is 5.83. The van der Waals surface area contributed by atoms with E-state index in [9.17, 15) is 13.2 Å². The molecule has 1 N–H and O–H groups in total. The zero-order valence-corrected chi connectivity index (χ0v) is 9.72. The molecule has 0 heterocycles. The highest BCUT2D eigenvalue weighted by Crippen LogP contribution is 2.34. The van der Waals surface area contributed by atoms with Gasteiger partial charge in [0.1, 0.15) is 0 Å². The first-order chi connectivity index (χ1) is 7.96. The van der Waals surface area contributed by atoms with Crippen molar-refractivity contribution in [2.24, 2.45) is 0 Å². The minimum absolute atomic E-state index is 0.377. The van der Waals surface area contributed by atoms with Crippen LogP contribution in [0.2, 0.25) is 0 Å². The lowest BCUT2D eigenvalue weighted by molar-refractivity contribution is -0.139. The van der Waals surface area contributed by atoms with E-state index < -0.39 is 18.6 Å². The summed E-state index contributed by atoms with van der Waals surface area (Å²) in [5, 5.41) is 2.96. The van der Waals surface area contributed by atoms with E-state index in [1.165, 1.54) is 11.1 Å². The second-order valence-electron chi connectivity index (χ2n) is 4.73. The van der Waals surface area contributed by atoms with Crippen molar-refractivity contribution >= 4 is 0 Å². The fourth-order valence-electron chi connectivity index (χ4n) is 2.31. The van der Waals surface area contributed by atoms with E-state index in [0.717, 1.165) is 6.42 Å². The number of alkyl halides is 3. The van der Waals surface area contributed by atoms with Crippen LogP contribution in [0.25, 0.3) is 0 Å². The Morgan fingerprint density at radius 1 is 1.35 bits per heavy atom. The van der Waals surface area contributed by atoms with Gasteiger partial charge >= 0.3 is 6.18 Å². The topological polar surface area (TPSA) is 12.0 Å². The highest BCUT2D eigenvalue weighted by Gasteiger charge is 2.31. The van der Waals surface area contributed by atoms with Crippen molar-refractivity contribution in [1.82, 2.24) is 5.32 Å². The van der Waals surface area contributed by atoms with Crippen LogP contribution in [0.1, 0.15) is 30.4 Å². The second-order valence-corrected chi connectivity index (χ2v) is 4.73. The van der Waals surface area contributed by atoms with Crippen molar-refractivity contribution in [2.75, 3.05) is 6.54 Å². The number of hydrogen-bond donors (Lipinski definition) is 1. The molecule has 1 aromatic rings. The van der Waals surface area contributed by atoms with Gasteiger partial charge in [-0.1, -0.05) is 24.3 Å². The third kappa shape index (κ3) is 3.22. The average Bonchev–Trinajstić information content (AvgIpc) is 2.16. The van der Waals surface area contributed by atoms with Crippen molar-refractivity contribution in [3.8, 4) is 0 Å². The summed E-state index contributed by atoms with van der Waals surface area (Å²) in [6.45, 7) is 2.21. The monoisotopic (exact) mass is 243 g/mol. The highest BCUT2D eigenvalue weighted by atomic mass is 19.4. The molecule has 1 aromatic carbocycles. The maximum atomic E-state index is 12.1. The van der Waals surface area contributed by atoms with Gasteiger partial charge in [0.2, 0.25) is 0 Å². The van der Waals surface area contributed by atoms with E-state index in [-0.39, 0.29) is 0 Å². The molecule has 0 aromatic heterocycles. The van der Waals surface area contributed by atoms with Gasteiger partial charge in [-0.3, -0.25) is 0 Å². The minimum atomic E-state index is -4.08. The molecule has 0 fully saturated rings. The van der Waals surface area contributed by atoms with E-state index >= 15 is 0 Å². The molecule has 17 heavy (non-hydrogen) atoms. The van der Waals surface area contributed by atoms with Crippen molar-refractivity contribution in [2.45, 2.75) is 37.9 Å². The zero-order valence-electron chi connectivity index (χ0n) is 9.72. The zero-order chi connectivity index (χ0) is 12.5. The molecular formula is C13H16F3N. The molecule has 0 bridgehead atoms. The van der Waals surface area contributed by atoms with Crippen LogP contribution in [-0.2, 0) is 6.42 Å². The van der Waals surface area contributed by atoms with E-state index in [1.807, 2.05) is 12.1 Å². The summed E-state index contributed by atoms with van der Waals surface area (Å²) in [7, 11) is 0. The van der Waals surface area contributed by atoms with Crippen molar-refractivity contribution < 1.29 is 13.2 Å². The van der Waals surface area contributed by atoms with E-state index in [0.29, 0.717) is 12.5 Å². The van der Waals surface area contributed by atoms with Crippen molar-refractivity contribution in [1.29, 1.82) is 0 Å². The van der Waals surface area contributed by atoms with E-state index in [2.05, 4.69) is 17.4 Å². The van der Waals surface area contributed by atoms with Gasteiger partial charge in [0.05, 0.1) is 6.42 Å². The molecule has 1 aliphatic carbocycles. The first kappa shape index (κ1) is 12.4. The summed E-state index contributed by atoms with van der Waals surface area (Å²) in [6, 6.07) is 7.59. The van der Waals surface area contributed by atoms with Crippen LogP contribution >= 0.6 is 0 Å². The molecule has 2 rings (SSSR count). The first-order valence-electron chi connectivity index (χ1n) is 5.83. The fourth-order valence-corrected chi connectivity index (χ4v) is 2.31. The molecule has 0 amide bonds. The lowest BCUT2D eigenvalue weighted by Crippen LogP contribution is -2.36. The third-order valence-electron chi connectivity index (χ3n) is 3.21. The summed E-state index contributed by atoms with van der Waals surface area (Å²) in [4.78, 5) is 0. The molecule has 1 aliphatic rings. The Balaban J connectivity index is 1.78.